The lowest BCUT2D eigenvalue weighted by Crippen LogP contribution is -2.20. The summed E-state index contributed by atoms with van der Waals surface area (Å²) in [5, 5.41) is 7.70. The van der Waals surface area contributed by atoms with E-state index in [1.54, 1.807) is 20.5 Å². The first kappa shape index (κ1) is 15.3. The summed E-state index contributed by atoms with van der Waals surface area (Å²) in [4.78, 5) is 4.33. The molecule has 3 aromatic rings. The van der Waals surface area contributed by atoms with E-state index in [9.17, 15) is 0 Å². The Kier molecular flexibility index (Phi) is 3.85. The third-order valence-electron chi connectivity index (χ3n) is 4.25. The highest BCUT2D eigenvalue weighted by Gasteiger charge is 2.23. The minimum atomic E-state index is -0.0501. The first-order valence-electron chi connectivity index (χ1n) is 7.95. The summed E-state index contributed by atoms with van der Waals surface area (Å²) in [6.45, 7) is 0. The average Bonchev–Trinajstić information content (AvgIpc) is 3.16. The van der Waals surface area contributed by atoms with Gasteiger partial charge in [-0.15, -0.1) is 0 Å². The summed E-state index contributed by atoms with van der Waals surface area (Å²) in [5.41, 5.74) is 3.11. The monoisotopic (exact) mass is 334 g/mol. The lowest BCUT2D eigenvalue weighted by Gasteiger charge is -2.24. The van der Waals surface area contributed by atoms with Gasteiger partial charge in [0.2, 0.25) is 5.95 Å². The molecule has 1 atom stereocenters. The van der Waals surface area contributed by atoms with E-state index in [0.29, 0.717) is 5.95 Å². The molecule has 4 rings (SSSR count). The number of hydrogen-bond donors (Lipinski definition) is 1. The van der Waals surface area contributed by atoms with Crippen LogP contribution >= 0.6 is 0 Å². The van der Waals surface area contributed by atoms with E-state index in [1.165, 1.54) is 0 Å². The Morgan fingerprint density at radius 3 is 2.56 bits per heavy atom. The van der Waals surface area contributed by atoms with Gasteiger partial charge in [0, 0.05) is 11.3 Å². The summed E-state index contributed by atoms with van der Waals surface area (Å²) < 4.78 is 12.5. The molecule has 0 saturated carbocycles. The average molecular weight is 334 g/mol. The van der Waals surface area contributed by atoms with E-state index in [1.807, 2.05) is 53.2 Å². The Morgan fingerprint density at radius 1 is 1.00 bits per heavy atom. The van der Waals surface area contributed by atoms with Crippen molar-refractivity contribution < 1.29 is 9.47 Å². The lowest BCUT2D eigenvalue weighted by molar-refractivity contribution is 0.414. The van der Waals surface area contributed by atoms with Gasteiger partial charge >= 0.3 is 0 Å². The Balaban J connectivity index is 1.77. The third kappa shape index (κ3) is 2.82. The molecule has 0 amide bonds. The van der Waals surface area contributed by atoms with Gasteiger partial charge in [-0.25, -0.2) is 4.68 Å². The molecule has 0 radical (unpaired) electrons. The Labute approximate surface area is 145 Å². The highest BCUT2D eigenvalue weighted by molar-refractivity contribution is 5.77. The minimum Gasteiger partial charge on any atom is -0.497 e. The van der Waals surface area contributed by atoms with E-state index in [-0.39, 0.29) is 6.04 Å². The Bertz CT molecular complexity index is 915. The van der Waals surface area contributed by atoms with Crippen molar-refractivity contribution in [2.75, 3.05) is 19.5 Å². The van der Waals surface area contributed by atoms with Gasteiger partial charge in [-0.05, 0) is 35.9 Å². The number of methoxy groups -OCH3 is 2. The van der Waals surface area contributed by atoms with Crippen LogP contribution in [0.15, 0.2) is 60.9 Å². The topological polar surface area (TPSA) is 61.2 Å². The fourth-order valence-corrected chi connectivity index (χ4v) is 2.93. The number of nitrogens with zero attached hydrogens (tertiary/aromatic N) is 3. The summed E-state index contributed by atoms with van der Waals surface area (Å²) in [6, 6.07) is 15.9. The van der Waals surface area contributed by atoms with Gasteiger partial charge in [0.05, 0.1) is 14.2 Å². The maximum Gasteiger partial charge on any atom is 0.226 e. The van der Waals surface area contributed by atoms with Crippen LogP contribution in [-0.4, -0.2) is 29.0 Å². The van der Waals surface area contributed by atoms with Crippen molar-refractivity contribution >= 4 is 11.6 Å². The highest BCUT2D eigenvalue weighted by Crippen LogP contribution is 2.33. The van der Waals surface area contributed by atoms with Crippen LogP contribution in [0.4, 0.5) is 5.95 Å². The summed E-state index contributed by atoms with van der Waals surface area (Å²) in [7, 11) is 3.33. The zero-order chi connectivity index (χ0) is 17.2. The molecular formula is C19H18N4O2. The molecule has 0 aliphatic carbocycles. The van der Waals surface area contributed by atoms with Gasteiger partial charge in [0.15, 0.2) is 0 Å². The van der Waals surface area contributed by atoms with Crippen LogP contribution in [0, 0.1) is 0 Å². The molecule has 1 aliphatic heterocycles. The van der Waals surface area contributed by atoms with Crippen molar-refractivity contribution in [3.63, 3.8) is 0 Å². The number of rotatable bonds is 4. The van der Waals surface area contributed by atoms with Gasteiger partial charge in [0.25, 0.3) is 0 Å². The van der Waals surface area contributed by atoms with Crippen LogP contribution in [0.5, 0.6) is 11.5 Å². The second kappa shape index (κ2) is 6.32. The molecule has 25 heavy (non-hydrogen) atoms. The van der Waals surface area contributed by atoms with E-state index >= 15 is 0 Å². The van der Waals surface area contributed by atoms with Crippen molar-refractivity contribution in [1.29, 1.82) is 0 Å². The van der Waals surface area contributed by atoms with Crippen molar-refractivity contribution in [3.05, 3.63) is 72.1 Å². The number of allylic oxidation sites excluding steroid dienone is 1. The first-order chi connectivity index (χ1) is 12.3. The Hall–Kier alpha value is -3.28. The summed E-state index contributed by atoms with van der Waals surface area (Å²) in [6.07, 6.45) is 3.69. The molecule has 1 aromatic heterocycles. The van der Waals surface area contributed by atoms with Gasteiger partial charge in [-0.3, -0.25) is 0 Å². The molecule has 0 unspecified atom stereocenters. The molecule has 0 spiro atoms. The second-order valence-corrected chi connectivity index (χ2v) is 5.68. The number of hydrogen-bond acceptors (Lipinski definition) is 5. The normalized spacial score (nSPS) is 15.8. The molecule has 2 heterocycles. The van der Waals surface area contributed by atoms with Crippen LogP contribution < -0.4 is 14.8 Å². The molecular weight excluding hydrogens is 316 g/mol. The number of fused-ring (bicyclic) bond motifs is 1. The smallest absolute Gasteiger partial charge is 0.226 e. The summed E-state index contributed by atoms with van der Waals surface area (Å²) in [5.74, 6) is 2.35. The second-order valence-electron chi connectivity index (χ2n) is 5.68. The van der Waals surface area contributed by atoms with Crippen LogP contribution in [0.2, 0.25) is 0 Å². The SMILES string of the molecule is COc1ccc([C@@H]2C=C(c3cccc(OC)c3)Nc3ncnn32)cc1. The quantitative estimate of drug-likeness (QED) is 0.793. The van der Waals surface area contributed by atoms with E-state index in [0.717, 1.165) is 28.3 Å². The van der Waals surface area contributed by atoms with Crippen LogP contribution in [-0.2, 0) is 0 Å². The zero-order valence-corrected chi connectivity index (χ0v) is 14.0. The van der Waals surface area contributed by atoms with E-state index in [2.05, 4.69) is 21.5 Å². The number of ether oxygens (including phenoxy) is 2. The minimum absolute atomic E-state index is 0.0501. The molecule has 2 aromatic carbocycles. The van der Waals surface area contributed by atoms with Crippen LogP contribution in [0.1, 0.15) is 17.2 Å². The van der Waals surface area contributed by atoms with Crippen molar-refractivity contribution in [1.82, 2.24) is 14.8 Å². The maximum atomic E-state index is 5.34. The van der Waals surface area contributed by atoms with Crippen LogP contribution in [0.25, 0.3) is 5.70 Å². The van der Waals surface area contributed by atoms with Gasteiger partial charge in [-0.2, -0.15) is 10.1 Å². The molecule has 0 bridgehead atoms. The molecule has 6 heteroatoms. The van der Waals surface area contributed by atoms with Gasteiger partial charge < -0.3 is 14.8 Å². The fourth-order valence-electron chi connectivity index (χ4n) is 2.93. The van der Waals surface area contributed by atoms with Gasteiger partial charge in [0.1, 0.15) is 23.9 Å². The fraction of sp³-hybridized carbons (Fsp3) is 0.158. The first-order valence-corrected chi connectivity index (χ1v) is 7.95. The maximum absolute atomic E-state index is 5.34. The number of nitrogens with one attached hydrogen (secondary N) is 1. The molecule has 0 fully saturated rings. The van der Waals surface area contributed by atoms with E-state index < -0.39 is 0 Å². The van der Waals surface area contributed by atoms with Crippen molar-refractivity contribution in [3.8, 4) is 11.5 Å². The number of aromatic nitrogens is 3. The van der Waals surface area contributed by atoms with Crippen molar-refractivity contribution in [2.24, 2.45) is 0 Å². The zero-order valence-electron chi connectivity index (χ0n) is 14.0. The molecule has 0 saturated heterocycles. The molecule has 1 aliphatic rings. The highest BCUT2D eigenvalue weighted by atomic mass is 16.5. The number of anilines is 1. The standard InChI is InChI=1S/C19H18N4O2/c1-24-15-8-6-13(7-9-15)18-11-17(22-19-20-12-21-23(18)19)14-4-3-5-16(10-14)25-2/h3-12,18H,1-2H3,(H,20,21,22)/t18-/m0/s1. The van der Waals surface area contributed by atoms with Crippen molar-refractivity contribution in [2.45, 2.75) is 6.04 Å². The third-order valence-corrected chi connectivity index (χ3v) is 4.25. The largest absolute Gasteiger partial charge is 0.497 e. The predicted octanol–water partition coefficient (Wildman–Crippen LogP) is 3.35. The molecule has 1 N–H and O–H groups in total. The van der Waals surface area contributed by atoms with Crippen LogP contribution in [0.3, 0.4) is 0 Å². The lowest BCUT2D eigenvalue weighted by atomic mass is 10.0. The molecule has 126 valence electrons. The summed E-state index contributed by atoms with van der Waals surface area (Å²) >= 11 is 0. The Morgan fingerprint density at radius 2 is 1.80 bits per heavy atom. The van der Waals surface area contributed by atoms with E-state index in [4.69, 9.17) is 9.47 Å². The van der Waals surface area contributed by atoms with Gasteiger partial charge in [-0.1, -0.05) is 24.3 Å². The number of benzene rings is 2. The predicted molar refractivity (Wildman–Crippen MR) is 95.7 cm³/mol. The molecule has 6 nitrogen and oxygen atoms in total.